The molecule has 4 N–H and O–H groups in total. The summed E-state index contributed by atoms with van der Waals surface area (Å²) in [7, 11) is 0. The first kappa shape index (κ1) is 13.5. The van der Waals surface area contributed by atoms with Crippen LogP contribution in [0.2, 0.25) is 0 Å². The first-order chi connectivity index (χ1) is 8.90. The van der Waals surface area contributed by atoms with E-state index in [-0.39, 0.29) is 16.0 Å². The summed E-state index contributed by atoms with van der Waals surface area (Å²) in [5.74, 6) is -2.88. The van der Waals surface area contributed by atoms with E-state index in [1.165, 1.54) is 0 Å². The number of aromatic amines is 1. The van der Waals surface area contributed by atoms with E-state index in [2.05, 4.69) is 31.4 Å². The Morgan fingerprint density at radius 1 is 1.42 bits per heavy atom. The SMILES string of the molecule is Cc1[nH]nc(NC(=O)c2c(F)cc(Br)cc2F)c1N. The lowest BCUT2D eigenvalue weighted by atomic mass is 10.2. The van der Waals surface area contributed by atoms with Crippen LogP contribution in [-0.2, 0) is 0 Å². The first-order valence-corrected chi connectivity index (χ1v) is 5.95. The molecule has 1 amide bonds. The highest BCUT2D eigenvalue weighted by Crippen LogP contribution is 2.22. The lowest BCUT2D eigenvalue weighted by molar-refractivity contribution is 0.101. The standard InChI is InChI=1S/C11H9BrF2N4O/c1-4-9(15)10(18-17-4)16-11(19)8-6(13)2-5(12)3-7(8)14/h2-3H,15H2,1H3,(H2,16,17,18,19). The van der Waals surface area contributed by atoms with E-state index in [4.69, 9.17) is 5.73 Å². The molecule has 5 nitrogen and oxygen atoms in total. The van der Waals surface area contributed by atoms with Gasteiger partial charge in [0.1, 0.15) is 17.2 Å². The van der Waals surface area contributed by atoms with Gasteiger partial charge in [0, 0.05) is 4.47 Å². The number of hydrogen-bond donors (Lipinski definition) is 3. The van der Waals surface area contributed by atoms with Crippen LogP contribution in [0.25, 0.3) is 0 Å². The van der Waals surface area contributed by atoms with Gasteiger partial charge in [0.2, 0.25) is 0 Å². The van der Waals surface area contributed by atoms with E-state index < -0.39 is 23.1 Å². The Hall–Kier alpha value is -1.96. The zero-order valence-corrected chi connectivity index (χ0v) is 11.3. The molecule has 8 heteroatoms. The summed E-state index contributed by atoms with van der Waals surface area (Å²) >= 11 is 2.93. The highest BCUT2D eigenvalue weighted by Gasteiger charge is 2.20. The molecule has 0 saturated heterocycles. The Balaban J connectivity index is 2.33. The van der Waals surface area contributed by atoms with Crippen LogP contribution in [-0.4, -0.2) is 16.1 Å². The van der Waals surface area contributed by atoms with Crippen LogP contribution < -0.4 is 11.1 Å². The zero-order valence-electron chi connectivity index (χ0n) is 9.72. The molecule has 0 bridgehead atoms. The fraction of sp³-hybridized carbons (Fsp3) is 0.0909. The van der Waals surface area contributed by atoms with Crippen molar-refractivity contribution in [3.63, 3.8) is 0 Å². The van der Waals surface area contributed by atoms with Crippen LogP contribution in [0.3, 0.4) is 0 Å². The summed E-state index contributed by atoms with van der Waals surface area (Å²) in [4.78, 5) is 11.8. The zero-order chi connectivity index (χ0) is 14.2. The number of benzene rings is 1. The lowest BCUT2D eigenvalue weighted by Crippen LogP contribution is -2.17. The number of aryl methyl sites for hydroxylation is 1. The second kappa shape index (κ2) is 4.96. The van der Waals surface area contributed by atoms with Crippen LogP contribution in [0.1, 0.15) is 16.1 Å². The number of rotatable bonds is 2. The predicted molar refractivity (Wildman–Crippen MR) is 69.7 cm³/mol. The van der Waals surface area contributed by atoms with Crippen LogP contribution in [0.5, 0.6) is 0 Å². The second-order valence-electron chi connectivity index (χ2n) is 3.81. The number of nitrogens with two attached hydrogens (primary N) is 1. The van der Waals surface area contributed by atoms with Crippen LogP contribution in [0.15, 0.2) is 16.6 Å². The number of anilines is 2. The Labute approximate surface area is 115 Å². The van der Waals surface area contributed by atoms with E-state index in [9.17, 15) is 13.6 Å². The number of nitrogens with one attached hydrogen (secondary N) is 2. The Bertz CT molecular complexity index is 633. The van der Waals surface area contributed by atoms with Gasteiger partial charge >= 0.3 is 0 Å². The number of nitrogen functional groups attached to an aromatic ring is 1. The minimum atomic E-state index is -0.977. The van der Waals surface area contributed by atoms with Gasteiger partial charge in [-0.3, -0.25) is 9.89 Å². The summed E-state index contributed by atoms with van der Waals surface area (Å²) in [5, 5.41) is 8.52. The third kappa shape index (κ3) is 2.58. The number of H-pyrrole nitrogens is 1. The third-order valence-electron chi connectivity index (χ3n) is 2.46. The van der Waals surface area contributed by atoms with Crippen molar-refractivity contribution in [3.05, 3.63) is 39.5 Å². The van der Waals surface area contributed by atoms with Gasteiger partial charge in [0.05, 0.1) is 11.4 Å². The molecule has 0 aliphatic carbocycles. The number of hydrogen-bond acceptors (Lipinski definition) is 3. The predicted octanol–water partition coefficient (Wildman–Crippen LogP) is 2.59. The van der Waals surface area contributed by atoms with Crippen molar-refractivity contribution in [2.75, 3.05) is 11.1 Å². The molecule has 100 valence electrons. The fourth-order valence-corrected chi connectivity index (χ4v) is 1.86. The summed E-state index contributed by atoms with van der Waals surface area (Å²) in [5.41, 5.74) is 5.70. The minimum Gasteiger partial charge on any atom is -0.394 e. The van der Waals surface area contributed by atoms with Gasteiger partial charge in [-0.05, 0) is 19.1 Å². The average Bonchev–Trinajstić information content (AvgIpc) is 2.59. The maximum absolute atomic E-state index is 13.6. The summed E-state index contributed by atoms with van der Waals surface area (Å²) < 4.78 is 27.4. The molecule has 19 heavy (non-hydrogen) atoms. The van der Waals surface area contributed by atoms with E-state index >= 15 is 0 Å². The van der Waals surface area contributed by atoms with Gasteiger partial charge in [0.15, 0.2) is 5.82 Å². The second-order valence-corrected chi connectivity index (χ2v) is 4.73. The van der Waals surface area contributed by atoms with Crippen molar-refractivity contribution in [1.82, 2.24) is 10.2 Å². The van der Waals surface area contributed by atoms with E-state index in [0.717, 1.165) is 12.1 Å². The van der Waals surface area contributed by atoms with Crippen LogP contribution in [0, 0.1) is 18.6 Å². The average molecular weight is 331 g/mol. The van der Waals surface area contributed by atoms with Crippen molar-refractivity contribution < 1.29 is 13.6 Å². The number of nitrogens with zero attached hydrogens (tertiary/aromatic N) is 1. The molecule has 0 saturated carbocycles. The Morgan fingerprint density at radius 3 is 2.47 bits per heavy atom. The molecule has 2 rings (SSSR count). The number of amides is 1. The molecule has 0 aliphatic heterocycles. The molecule has 0 atom stereocenters. The first-order valence-electron chi connectivity index (χ1n) is 5.16. The van der Waals surface area contributed by atoms with Crippen molar-refractivity contribution in [1.29, 1.82) is 0 Å². The van der Waals surface area contributed by atoms with Gasteiger partial charge in [-0.25, -0.2) is 8.78 Å². The normalized spacial score (nSPS) is 10.5. The smallest absolute Gasteiger partial charge is 0.262 e. The van der Waals surface area contributed by atoms with Crippen LogP contribution in [0.4, 0.5) is 20.3 Å². The topological polar surface area (TPSA) is 83.8 Å². The van der Waals surface area contributed by atoms with Gasteiger partial charge in [-0.15, -0.1) is 0 Å². The van der Waals surface area contributed by atoms with Crippen molar-refractivity contribution in [2.24, 2.45) is 0 Å². The molecule has 0 radical (unpaired) electrons. The number of halogens is 3. The van der Waals surface area contributed by atoms with Gasteiger partial charge < -0.3 is 11.1 Å². The van der Waals surface area contributed by atoms with Crippen LogP contribution >= 0.6 is 15.9 Å². The fourth-order valence-electron chi connectivity index (χ4n) is 1.46. The molecule has 1 heterocycles. The Morgan fingerprint density at radius 2 is 2.00 bits per heavy atom. The molecule has 2 aromatic rings. The number of aromatic nitrogens is 2. The highest BCUT2D eigenvalue weighted by atomic mass is 79.9. The minimum absolute atomic E-state index is 0.0317. The number of carbonyl (C=O) groups excluding carboxylic acids is 1. The maximum atomic E-state index is 13.6. The molecule has 0 aliphatic rings. The summed E-state index contributed by atoms with van der Waals surface area (Å²) in [6.45, 7) is 1.65. The third-order valence-corrected chi connectivity index (χ3v) is 2.92. The lowest BCUT2D eigenvalue weighted by Gasteiger charge is -2.06. The van der Waals surface area contributed by atoms with Crippen molar-refractivity contribution in [2.45, 2.75) is 6.92 Å². The molecule has 0 spiro atoms. The molecule has 0 unspecified atom stereocenters. The molecular weight excluding hydrogens is 322 g/mol. The maximum Gasteiger partial charge on any atom is 0.262 e. The van der Waals surface area contributed by atoms with Gasteiger partial charge in [0.25, 0.3) is 5.91 Å². The number of carbonyl (C=O) groups is 1. The Kier molecular flexibility index (Phi) is 3.52. The highest BCUT2D eigenvalue weighted by molar-refractivity contribution is 9.10. The van der Waals surface area contributed by atoms with E-state index in [0.29, 0.717) is 5.69 Å². The van der Waals surface area contributed by atoms with Gasteiger partial charge in [-0.1, -0.05) is 15.9 Å². The van der Waals surface area contributed by atoms with Crippen molar-refractivity contribution >= 4 is 33.3 Å². The molecule has 1 aromatic heterocycles. The molecular formula is C11H9BrF2N4O. The van der Waals surface area contributed by atoms with E-state index in [1.54, 1.807) is 6.92 Å². The summed E-state index contributed by atoms with van der Waals surface area (Å²) in [6.07, 6.45) is 0. The van der Waals surface area contributed by atoms with E-state index in [1.807, 2.05) is 0 Å². The monoisotopic (exact) mass is 330 g/mol. The van der Waals surface area contributed by atoms with Crippen molar-refractivity contribution in [3.8, 4) is 0 Å². The summed E-state index contributed by atoms with van der Waals surface area (Å²) in [6, 6.07) is 1.99. The molecule has 1 aromatic carbocycles. The van der Waals surface area contributed by atoms with Gasteiger partial charge in [-0.2, -0.15) is 5.10 Å². The molecule has 0 fully saturated rings. The quantitative estimate of drug-likeness (QED) is 0.791. The largest absolute Gasteiger partial charge is 0.394 e.